The number of anilines is 1. The summed E-state index contributed by atoms with van der Waals surface area (Å²) in [5.41, 5.74) is 2.72. The lowest BCUT2D eigenvalue weighted by Crippen LogP contribution is -2.39. The van der Waals surface area contributed by atoms with Gasteiger partial charge in [-0.25, -0.2) is 9.59 Å². The van der Waals surface area contributed by atoms with Gasteiger partial charge in [0.1, 0.15) is 11.2 Å². The highest BCUT2D eigenvalue weighted by atomic mass is 16.6. The number of nitrogens with one attached hydrogen (secondary N) is 2. The molecule has 0 saturated carbocycles. The number of nitrogens with zero attached hydrogens (tertiary/aromatic N) is 1. The molecule has 2 aromatic rings. The molecular formula is C21H29N3O4. The summed E-state index contributed by atoms with van der Waals surface area (Å²) < 4.78 is 10.8. The van der Waals surface area contributed by atoms with Crippen LogP contribution in [0.4, 0.5) is 15.3 Å². The van der Waals surface area contributed by atoms with Crippen LogP contribution in [0.2, 0.25) is 0 Å². The van der Waals surface area contributed by atoms with Crippen LogP contribution in [0.15, 0.2) is 18.2 Å². The fourth-order valence-corrected chi connectivity index (χ4v) is 3.23. The number of fused-ring (bicyclic) bond motifs is 3. The molecule has 7 heteroatoms. The second-order valence-electron chi connectivity index (χ2n) is 9.12. The van der Waals surface area contributed by atoms with Crippen molar-refractivity contribution >= 4 is 28.8 Å². The molecule has 0 radical (unpaired) electrons. The Morgan fingerprint density at radius 2 is 1.75 bits per heavy atom. The molecule has 2 amide bonds. The minimum atomic E-state index is -0.551. The number of benzene rings is 1. The van der Waals surface area contributed by atoms with Crippen LogP contribution in [0.25, 0.3) is 10.9 Å². The first-order chi connectivity index (χ1) is 12.9. The summed E-state index contributed by atoms with van der Waals surface area (Å²) in [5, 5.41) is 3.86. The standard InChI is InChI=1S/C21H29N3O4/c1-20(2,3)27-18(25)22-13-7-8-14-15-9-10-24(19(26)28-21(4,5)6)12-17(15)23-16(14)11-13/h7-8,11,23H,9-10,12H2,1-6H3,(H,22,25). The van der Waals surface area contributed by atoms with Crippen molar-refractivity contribution in [1.29, 1.82) is 0 Å². The Kier molecular flexibility index (Phi) is 5.04. The highest BCUT2D eigenvalue weighted by Crippen LogP contribution is 2.30. The molecule has 3 rings (SSSR count). The van der Waals surface area contributed by atoms with E-state index in [-0.39, 0.29) is 6.09 Å². The zero-order valence-electron chi connectivity index (χ0n) is 17.4. The van der Waals surface area contributed by atoms with E-state index >= 15 is 0 Å². The van der Waals surface area contributed by atoms with Gasteiger partial charge in [0, 0.05) is 28.8 Å². The van der Waals surface area contributed by atoms with E-state index in [1.807, 2.05) is 59.7 Å². The number of rotatable bonds is 1. The van der Waals surface area contributed by atoms with Gasteiger partial charge in [-0.1, -0.05) is 6.07 Å². The highest BCUT2D eigenvalue weighted by molar-refractivity contribution is 5.92. The molecule has 0 fully saturated rings. The van der Waals surface area contributed by atoms with E-state index in [1.54, 1.807) is 4.90 Å². The highest BCUT2D eigenvalue weighted by Gasteiger charge is 2.27. The summed E-state index contributed by atoms with van der Waals surface area (Å²) in [6.07, 6.45) is -0.0312. The van der Waals surface area contributed by atoms with Crippen LogP contribution in [0.3, 0.4) is 0 Å². The normalized spacial score (nSPS) is 14.6. The van der Waals surface area contributed by atoms with Gasteiger partial charge in [-0.3, -0.25) is 5.32 Å². The lowest BCUT2D eigenvalue weighted by molar-refractivity contribution is 0.0222. The Balaban J connectivity index is 1.76. The molecule has 0 aliphatic carbocycles. The summed E-state index contributed by atoms with van der Waals surface area (Å²) in [6.45, 7) is 12.2. The van der Waals surface area contributed by atoms with Gasteiger partial charge in [-0.2, -0.15) is 0 Å². The second-order valence-corrected chi connectivity index (χ2v) is 9.12. The zero-order chi connectivity index (χ0) is 20.7. The number of carbonyl (C=O) groups excluding carboxylic acids is 2. The van der Waals surface area contributed by atoms with E-state index < -0.39 is 17.3 Å². The molecule has 152 valence electrons. The third-order valence-corrected chi connectivity index (χ3v) is 4.27. The van der Waals surface area contributed by atoms with Crippen LogP contribution in [0, 0.1) is 0 Å². The average Bonchev–Trinajstić information content (AvgIpc) is 2.87. The number of hydrogen-bond donors (Lipinski definition) is 2. The van der Waals surface area contributed by atoms with Crippen LogP contribution in [-0.4, -0.2) is 39.8 Å². The minimum absolute atomic E-state index is 0.302. The van der Waals surface area contributed by atoms with Crippen LogP contribution in [0.5, 0.6) is 0 Å². The lowest BCUT2D eigenvalue weighted by Gasteiger charge is -2.30. The smallest absolute Gasteiger partial charge is 0.412 e. The first-order valence-corrected chi connectivity index (χ1v) is 9.53. The largest absolute Gasteiger partial charge is 0.444 e. The maximum atomic E-state index is 12.4. The Morgan fingerprint density at radius 1 is 1.07 bits per heavy atom. The topological polar surface area (TPSA) is 83.7 Å². The minimum Gasteiger partial charge on any atom is -0.444 e. The second kappa shape index (κ2) is 7.04. The summed E-state index contributed by atoms with van der Waals surface area (Å²) >= 11 is 0. The molecule has 0 atom stereocenters. The van der Waals surface area contributed by atoms with Crippen LogP contribution >= 0.6 is 0 Å². The van der Waals surface area contributed by atoms with Crippen molar-refractivity contribution < 1.29 is 19.1 Å². The molecule has 2 heterocycles. The average molecular weight is 387 g/mol. The van der Waals surface area contributed by atoms with Gasteiger partial charge >= 0.3 is 12.2 Å². The van der Waals surface area contributed by atoms with E-state index in [0.717, 1.165) is 23.0 Å². The molecule has 0 bridgehead atoms. The lowest BCUT2D eigenvalue weighted by atomic mass is 10.0. The molecule has 7 nitrogen and oxygen atoms in total. The summed E-state index contributed by atoms with van der Waals surface area (Å²) in [4.78, 5) is 29.4. The Bertz CT molecular complexity index is 903. The van der Waals surface area contributed by atoms with Gasteiger partial charge in [0.2, 0.25) is 0 Å². The third-order valence-electron chi connectivity index (χ3n) is 4.27. The van der Waals surface area contributed by atoms with Crippen molar-refractivity contribution in [3.63, 3.8) is 0 Å². The molecular weight excluding hydrogens is 358 g/mol. The molecule has 1 aromatic carbocycles. The molecule has 0 saturated heterocycles. The van der Waals surface area contributed by atoms with Crippen LogP contribution in [-0.2, 0) is 22.4 Å². The van der Waals surface area contributed by atoms with Crippen molar-refractivity contribution in [1.82, 2.24) is 9.88 Å². The fraction of sp³-hybridized carbons (Fsp3) is 0.524. The number of aromatic nitrogens is 1. The Hall–Kier alpha value is -2.70. The summed E-state index contributed by atoms with van der Waals surface area (Å²) in [7, 11) is 0. The van der Waals surface area contributed by atoms with Crippen LogP contribution < -0.4 is 5.32 Å². The van der Waals surface area contributed by atoms with Gasteiger partial charge in [0.05, 0.1) is 6.54 Å². The summed E-state index contributed by atoms with van der Waals surface area (Å²) in [6, 6.07) is 5.73. The number of carbonyl (C=O) groups is 2. The zero-order valence-corrected chi connectivity index (χ0v) is 17.4. The number of hydrogen-bond acceptors (Lipinski definition) is 4. The van der Waals surface area contributed by atoms with Crippen LogP contribution in [0.1, 0.15) is 52.8 Å². The van der Waals surface area contributed by atoms with Gasteiger partial charge in [-0.05, 0) is 65.7 Å². The van der Waals surface area contributed by atoms with E-state index in [1.165, 1.54) is 5.56 Å². The maximum Gasteiger partial charge on any atom is 0.412 e. The van der Waals surface area contributed by atoms with Crippen molar-refractivity contribution in [2.45, 2.75) is 65.7 Å². The molecule has 0 spiro atoms. The molecule has 1 aromatic heterocycles. The van der Waals surface area contributed by atoms with Crippen molar-refractivity contribution in [3.05, 3.63) is 29.5 Å². The van der Waals surface area contributed by atoms with Gasteiger partial charge in [-0.15, -0.1) is 0 Å². The van der Waals surface area contributed by atoms with E-state index in [2.05, 4.69) is 10.3 Å². The molecule has 28 heavy (non-hydrogen) atoms. The van der Waals surface area contributed by atoms with Crippen molar-refractivity contribution in [2.75, 3.05) is 11.9 Å². The monoisotopic (exact) mass is 387 g/mol. The molecule has 0 unspecified atom stereocenters. The molecule has 1 aliphatic rings. The number of ether oxygens (including phenoxy) is 2. The Morgan fingerprint density at radius 3 is 2.39 bits per heavy atom. The van der Waals surface area contributed by atoms with Crippen molar-refractivity contribution in [2.24, 2.45) is 0 Å². The number of aromatic amines is 1. The van der Waals surface area contributed by atoms with Gasteiger partial charge < -0.3 is 19.4 Å². The first-order valence-electron chi connectivity index (χ1n) is 9.53. The SMILES string of the molecule is CC(C)(C)OC(=O)Nc1ccc2c3c([nH]c2c1)CN(C(=O)OC(C)(C)C)CC3. The van der Waals surface area contributed by atoms with Crippen molar-refractivity contribution in [3.8, 4) is 0 Å². The number of H-pyrrole nitrogens is 1. The Labute approximate surface area is 165 Å². The van der Waals surface area contributed by atoms with Gasteiger partial charge in [0.15, 0.2) is 0 Å². The molecule has 1 aliphatic heterocycles. The number of amides is 2. The summed E-state index contributed by atoms with van der Waals surface area (Å²) in [5.74, 6) is 0. The van der Waals surface area contributed by atoms with Gasteiger partial charge in [0.25, 0.3) is 0 Å². The predicted octanol–water partition coefficient (Wildman–Crippen LogP) is 4.81. The maximum absolute atomic E-state index is 12.4. The fourth-order valence-electron chi connectivity index (χ4n) is 3.23. The first kappa shape index (κ1) is 20.0. The predicted molar refractivity (Wildman–Crippen MR) is 109 cm³/mol. The van der Waals surface area contributed by atoms with E-state index in [4.69, 9.17) is 9.47 Å². The van der Waals surface area contributed by atoms with E-state index in [9.17, 15) is 9.59 Å². The quantitative estimate of drug-likeness (QED) is 0.736. The molecule has 2 N–H and O–H groups in total. The van der Waals surface area contributed by atoms with E-state index in [0.29, 0.717) is 18.8 Å². The third kappa shape index (κ3) is 4.77.